The van der Waals surface area contributed by atoms with Crippen LogP contribution in [0.1, 0.15) is 32.9 Å². The van der Waals surface area contributed by atoms with E-state index in [1.807, 2.05) is 30.3 Å². The monoisotopic (exact) mass is 288 g/mol. The van der Waals surface area contributed by atoms with Gasteiger partial charge in [0.2, 0.25) is 5.91 Å². The Labute approximate surface area is 121 Å². The van der Waals surface area contributed by atoms with Crippen molar-refractivity contribution in [3.63, 3.8) is 0 Å². The number of hydrogen-bond donors (Lipinski definition) is 1. The number of Topliss-reactive ketones (excluding diaryl/α,β-unsaturated/α-hetero) is 1. The summed E-state index contributed by atoms with van der Waals surface area (Å²) >= 11 is 1.30. The number of thiazole rings is 1. The van der Waals surface area contributed by atoms with Crippen LogP contribution in [0, 0.1) is 6.92 Å². The van der Waals surface area contributed by atoms with E-state index in [9.17, 15) is 9.59 Å². The van der Waals surface area contributed by atoms with Crippen LogP contribution in [0.25, 0.3) is 0 Å². The molecule has 0 bridgehead atoms. The number of benzene rings is 1. The van der Waals surface area contributed by atoms with Crippen molar-refractivity contribution in [1.29, 1.82) is 0 Å². The lowest BCUT2D eigenvalue weighted by Crippen LogP contribution is -2.24. The maximum atomic E-state index is 11.8. The standard InChI is InChI=1S/C15H16N2O2S/c1-10-15(11(2)18)20-14(17-10)8-13(19)16-9-12-6-4-3-5-7-12/h3-7H,8-9H2,1-2H3,(H,16,19). The Balaban J connectivity index is 1.92. The number of carbonyl (C=O) groups is 2. The quantitative estimate of drug-likeness (QED) is 0.860. The van der Waals surface area contributed by atoms with E-state index in [2.05, 4.69) is 10.3 Å². The predicted molar refractivity (Wildman–Crippen MR) is 78.8 cm³/mol. The van der Waals surface area contributed by atoms with E-state index >= 15 is 0 Å². The average molecular weight is 288 g/mol. The van der Waals surface area contributed by atoms with E-state index in [1.54, 1.807) is 6.92 Å². The summed E-state index contributed by atoms with van der Waals surface area (Å²) in [6.45, 7) is 3.81. The van der Waals surface area contributed by atoms with E-state index in [0.717, 1.165) is 5.56 Å². The first-order valence-electron chi connectivity index (χ1n) is 6.34. The molecule has 20 heavy (non-hydrogen) atoms. The third kappa shape index (κ3) is 3.74. The topological polar surface area (TPSA) is 59.1 Å². The molecule has 4 nitrogen and oxygen atoms in total. The summed E-state index contributed by atoms with van der Waals surface area (Å²) in [5.74, 6) is -0.0892. The van der Waals surface area contributed by atoms with Gasteiger partial charge in [0.15, 0.2) is 5.78 Å². The van der Waals surface area contributed by atoms with E-state index in [1.165, 1.54) is 18.3 Å². The van der Waals surface area contributed by atoms with Crippen molar-refractivity contribution in [3.05, 3.63) is 51.5 Å². The maximum absolute atomic E-state index is 11.8. The molecule has 2 rings (SSSR count). The third-order valence-corrected chi connectivity index (χ3v) is 4.06. The van der Waals surface area contributed by atoms with Crippen LogP contribution in [0.3, 0.4) is 0 Å². The number of carbonyl (C=O) groups excluding carboxylic acids is 2. The number of hydrogen-bond acceptors (Lipinski definition) is 4. The Morgan fingerprint density at radius 2 is 1.95 bits per heavy atom. The molecule has 0 atom stereocenters. The normalized spacial score (nSPS) is 10.3. The van der Waals surface area contributed by atoms with Crippen LogP contribution in [-0.4, -0.2) is 16.7 Å². The number of ketones is 1. The van der Waals surface area contributed by atoms with Gasteiger partial charge >= 0.3 is 0 Å². The summed E-state index contributed by atoms with van der Waals surface area (Å²) < 4.78 is 0. The van der Waals surface area contributed by atoms with Crippen molar-refractivity contribution in [2.24, 2.45) is 0 Å². The number of nitrogens with zero attached hydrogens (tertiary/aromatic N) is 1. The molecule has 0 unspecified atom stereocenters. The van der Waals surface area contributed by atoms with Gasteiger partial charge in [-0.2, -0.15) is 0 Å². The van der Waals surface area contributed by atoms with E-state index in [4.69, 9.17) is 0 Å². The molecule has 0 aliphatic heterocycles. The van der Waals surface area contributed by atoms with Crippen LogP contribution < -0.4 is 5.32 Å². The van der Waals surface area contributed by atoms with Crippen molar-refractivity contribution >= 4 is 23.0 Å². The number of amides is 1. The number of aryl methyl sites for hydroxylation is 1. The molecule has 1 N–H and O–H groups in total. The Bertz CT molecular complexity index is 620. The molecule has 0 saturated carbocycles. The van der Waals surface area contributed by atoms with E-state index < -0.39 is 0 Å². The van der Waals surface area contributed by atoms with Crippen LogP contribution in [0.15, 0.2) is 30.3 Å². The predicted octanol–water partition coefficient (Wildman–Crippen LogP) is 2.51. The van der Waals surface area contributed by atoms with Gasteiger partial charge in [0.25, 0.3) is 0 Å². The first-order chi connectivity index (χ1) is 9.56. The highest BCUT2D eigenvalue weighted by Crippen LogP contribution is 2.18. The van der Waals surface area contributed by atoms with Crippen molar-refractivity contribution < 1.29 is 9.59 Å². The smallest absolute Gasteiger partial charge is 0.227 e. The SMILES string of the molecule is CC(=O)c1sc(CC(=O)NCc2ccccc2)nc1C. The maximum Gasteiger partial charge on any atom is 0.227 e. The van der Waals surface area contributed by atoms with Gasteiger partial charge in [0.1, 0.15) is 5.01 Å². The van der Waals surface area contributed by atoms with Gasteiger partial charge in [0, 0.05) is 13.5 Å². The molecular weight excluding hydrogens is 272 g/mol. The van der Waals surface area contributed by atoms with Gasteiger partial charge in [-0.05, 0) is 12.5 Å². The summed E-state index contributed by atoms with van der Waals surface area (Å²) in [7, 11) is 0. The van der Waals surface area contributed by atoms with Crippen molar-refractivity contribution in [3.8, 4) is 0 Å². The fraction of sp³-hybridized carbons (Fsp3) is 0.267. The fourth-order valence-electron chi connectivity index (χ4n) is 1.85. The number of rotatable bonds is 5. The lowest BCUT2D eigenvalue weighted by molar-refractivity contribution is -0.120. The zero-order chi connectivity index (χ0) is 14.5. The largest absolute Gasteiger partial charge is 0.352 e. The van der Waals surface area contributed by atoms with Crippen LogP contribution in [0.4, 0.5) is 0 Å². The van der Waals surface area contributed by atoms with Gasteiger partial charge in [-0.1, -0.05) is 30.3 Å². The summed E-state index contributed by atoms with van der Waals surface area (Å²) in [6, 6.07) is 9.73. The fourth-order valence-corrected chi connectivity index (χ4v) is 2.81. The highest BCUT2D eigenvalue weighted by atomic mass is 32.1. The Morgan fingerprint density at radius 1 is 1.25 bits per heavy atom. The average Bonchev–Trinajstić information content (AvgIpc) is 2.78. The molecule has 1 heterocycles. The van der Waals surface area contributed by atoms with Crippen molar-refractivity contribution in [2.75, 3.05) is 0 Å². The third-order valence-electron chi connectivity index (χ3n) is 2.80. The lowest BCUT2D eigenvalue weighted by Gasteiger charge is -2.03. The van der Waals surface area contributed by atoms with E-state index in [-0.39, 0.29) is 18.1 Å². The van der Waals surface area contributed by atoms with Crippen LogP contribution in [0.2, 0.25) is 0 Å². The van der Waals surface area contributed by atoms with Gasteiger partial charge in [-0.3, -0.25) is 9.59 Å². The van der Waals surface area contributed by atoms with Crippen LogP contribution in [-0.2, 0) is 17.8 Å². The summed E-state index contributed by atoms with van der Waals surface area (Å²) in [5, 5.41) is 3.53. The van der Waals surface area contributed by atoms with Gasteiger partial charge < -0.3 is 5.32 Å². The number of nitrogens with one attached hydrogen (secondary N) is 1. The van der Waals surface area contributed by atoms with Crippen LogP contribution in [0.5, 0.6) is 0 Å². The molecule has 1 aromatic heterocycles. The molecule has 0 radical (unpaired) electrons. The summed E-state index contributed by atoms with van der Waals surface area (Å²) in [4.78, 5) is 28.1. The molecule has 0 aliphatic rings. The Morgan fingerprint density at radius 3 is 2.55 bits per heavy atom. The molecule has 1 amide bonds. The minimum Gasteiger partial charge on any atom is -0.352 e. The highest BCUT2D eigenvalue weighted by Gasteiger charge is 2.13. The van der Waals surface area contributed by atoms with Crippen LogP contribution >= 0.6 is 11.3 Å². The van der Waals surface area contributed by atoms with Gasteiger partial charge in [-0.25, -0.2) is 4.98 Å². The molecule has 0 fully saturated rings. The minimum absolute atomic E-state index is 0.00376. The Kier molecular flexibility index (Phi) is 4.63. The van der Waals surface area contributed by atoms with Crippen molar-refractivity contribution in [1.82, 2.24) is 10.3 Å². The molecule has 0 spiro atoms. The van der Waals surface area contributed by atoms with E-state index in [0.29, 0.717) is 22.1 Å². The molecule has 104 valence electrons. The number of aromatic nitrogens is 1. The lowest BCUT2D eigenvalue weighted by atomic mass is 10.2. The molecule has 5 heteroatoms. The first-order valence-corrected chi connectivity index (χ1v) is 7.16. The molecule has 0 aliphatic carbocycles. The summed E-state index contributed by atoms with van der Waals surface area (Å²) in [5.41, 5.74) is 1.76. The van der Waals surface area contributed by atoms with Gasteiger partial charge in [-0.15, -0.1) is 11.3 Å². The second-order valence-corrected chi connectivity index (χ2v) is 5.60. The van der Waals surface area contributed by atoms with Gasteiger partial charge in [0.05, 0.1) is 17.0 Å². The second-order valence-electron chi connectivity index (χ2n) is 4.52. The Hall–Kier alpha value is -2.01. The molecule has 2 aromatic rings. The minimum atomic E-state index is -0.0855. The molecular formula is C15H16N2O2S. The second kappa shape index (κ2) is 6.43. The first kappa shape index (κ1) is 14.4. The molecule has 1 aromatic carbocycles. The zero-order valence-corrected chi connectivity index (χ0v) is 12.3. The zero-order valence-electron chi connectivity index (χ0n) is 11.5. The highest BCUT2D eigenvalue weighted by molar-refractivity contribution is 7.13. The summed E-state index contributed by atoms with van der Waals surface area (Å²) in [6.07, 6.45) is 0.214. The van der Waals surface area contributed by atoms with Crippen molar-refractivity contribution in [2.45, 2.75) is 26.8 Å². The molecule has 0 saturated heterocycles.